The molecule has 3 saturated heterocycles. The molecule has 2 unspecified atom stereocenters. The number of fused-ring (bicyclic) bond motifs is 3. The van der Waals surface area contributed by atoms with E-state index in [1.165, 1.54) is 17.7 Å². The Labute approximate surface area is 215 Å². The predicted molar refractivity (Wildman–Crippen MR) is 141 cm³/mol. The Morgan fingerprint density at radius 1 is 1.19 bits per heavy atom. The average Bonchev–Trinajstić information content (AvgIpc) is 3.53. The minimum Gasteiger partial charge on any atom is -0.379 e. The quantitative estimate of drug-likeness (QED) is 0.420. The molecular formula is C25H33N9OS. The maximum atomic E-state index is 9.02. The van der Waals surface area contributed by atoms with Gasteiger partial charge < -0.3 is 15.4 Å². The third-order valence-electron chi connectivity index (χ3n) is 7.58. The zero-order valence-electron chi connectivity index (χ0n) is 20.7. The molecule has 11 heteroatoms. The van der Waals surface area contributed by atoms with Gasteiger partial charge in [0, 0.05) is 67.4 Å². The molecule has 0 aliphatic carbocycles. The molecule has 3 aliphatic rings. The summed E-state index contributed by atoms with van der Waals surface area (Å²) in [6.07, 6.45) is 5.18. The van der Waals surface area contributed by atoms with Gasteiger partial charge in [-0.25, -0.2) is 4.98 Å². The molecule has 3 fully saturated rings. The fraction of sp³-hybridized carbons (Fsp3) is 0.600. The number of rotatable bonds is 8. The van der Waals surface area contributed by atoms with E-state index in [-0.39, 0.29) is 0 Å². The van der Waals surface area contributed by atoms with Crippen molar-refractivity contribution in [1.82, 2.24) is 30.0 Å². The number of aromatic nitrogens is 4. The van der Waals surface area contributed by atoms with Gasteiger partial charge in [0.25, 0.3) is 0 Å². The molecule has 3 aliphatic heterocycles. The van der Waals surface area contributed by atoms with Crippen molar-refractivity contribution in [2.45, 2.75) is 63.7 Å². The Morgan fingerprint density at radius 2 is 2.00 bits per heavy atom. The first-order valence-electron chi connectivity index (χ1n) is 12.9. The highest BCUT2D eigenvalue weighted by Crippen LogP contribution is 2.37. The first-order chi connectivity index (χ1) is 17.6. The monoisotopic (exact) mass is 507 g/mol. The minimum atomic E-state index is 0.339. The van der Waals surface area contributed by atoms with Crippen molar-refractivity contribution < 1.29 is 4.74 Å². The van der Waals surface area contributed by atoms with Crippen molar-refractivity contribution in [3.8, 4) is 6.07 Å². The zero-order valence-corrected chi connectivity index (χ0v) is 21.5. The van der Waals surface area contributed by atoms with Crippen LogP contribution in [0.15, 0.2) is 12.1 Å². The van der Waals surface area contributed by atoms with Crippen LogP contribution in [0.4, 0.5) is 17.6 Å². The third-order valence-corrected chi connectivity index (χ3v) is 8.59. The molecule has 36 heavy (non-hydrogen) atoms. The van der Waals surface area contributed by atoms with Crippen molar-refractivity contribution in [2.24, 2.45) is 0 Å². The van der Waals surface area contributed by atoms with E-state index in [4.69, 9.17) is 20.0 Å². The molecule has 0 aromatic carbocycles. The molecule has 0 saturated carbocycles. The Balaban J connectivity index is 1.24. The Bertz CT molecular complexity index is 1230. The summed E-state index contributed by atoms with van der Waals surface area (Å²) < 4.78 is 5.51. The molecule has 3 N–H and O–H groups in total. The fourth-order valence-corrected chi connectivity index (χ4v) is 6.98. The number of anilines is 3. The van der Waals surface area contributed by atoms with Crippen molar-refractivity contribution in [1.29, 1.82) is 5.26 Å². The lowest BCUT2D eigenvalue weighted by Gasteiger charge is -2.38. The van der Waals surface area contributed by atoms with Crippen molar-refractivity contribution in [3.05, 3.63) is 22.7 Å². The number of nitriles is 1. The van der Waals surface area contributed by atoms with Gasteiger partial charge in [0.15, 0.2) is 5.82 Å². The van der Waals surface area contributed by atoms with E-state index in [0.29, 0.717) is 30.5 Å². The van der Waals surface area contributed by atoms with Gasteiger partial charge in [0.05, 0.1) is 24.7 Å². The first-order valence-corrected chi connectivity index (χ1v) is 13.7. The van der Waals surface area contributed by atoms with E-state index >= 15 is 0 Å². The van der Waals surface area contributed by atoms with Crippen molar-refractivity contribution in [2.75, 3.05) is 43.5 Å². The number of nitrogens with zero attached hydrogens (tertiary/aromatic N) is 6. The predicted octanol–water partition coefficient (Wildman–Crippen LogP) is 3.62. The lowest BCUT2D eigenvalue weighted by Crippen LogP contribution is -2.47. The second-order valence-electron chi connectivity index (χ2n) is 10.1. The number of hydrogen-bond donors (Lipinski definition) is 3. The molecule has 190 valence electrons. The number of H-pyrrole nitrogens is 1. The van der Waals surface area contributed by atoms with Crippen LogP contribution in [0.1, 0.15) is 42.7 Å². The van der Waals surface area contributed by atoms with Gasteiger partial charge in [-0.3, -0.25) is 14.9 Å². The van der Waals surface area contributed by atoms with Gasteiger partial charge in [0.2, 0.25) is 5.95 Å². The Morgan fingerprint density at radius 3 is 2.72 bits per heavy atom. The summed E-state index contributed by atoms with van der Waals surface area (Å²) in [6, 6.07) is 7.94. The van der Waals surface area contributed by atoms with Crippen LogP contribution in [0.2, 0.25) is 0 Å². The number of hydrogen-bond acceptors (Lipinski definition) is 10. The normalized spacial score (nSPS) is 24.7. The standard InChI is InChI=1S/C25H33N9OS/c1-16-11-22(32-31-16)28-23-21-14-20(15-33-7-9-35-10-8-33)36-24(21)30-25(29-23)27-17-12-18-3-4-19(13-17)34(18)6-2-5-26/h11,14,17-19H,2-4,6-10,12-13,15H2,1H3,(H3,27,28,29,30,31,32). The van der Waals surface area contributed by atoms with E-state index in [0.717, 1.165) is 79.8 Å². The molecule has 2 bridgehead atoms. The van der Waals surface area contributed by atoms with Crippen LogP contribution in [0.5, 0.6) is 0 Å². The molecule has 0 amide bonds. The van der Waals surface area contributed by atoms with Gasteiger partial charge >= 0.3 is 0 Å². The van der Waals surface area contributed by atoms with Crippen LogP contribution in [-0.2, 0) is 11.3 Å². The first kappa shape index (κ1) is 23.6. The van der Waals surface area contributed by atoms with Crippen LogP contribution < -0.4 is 10.6 Å². The Hall–Kier alpha value is -2.78. The number of nitrogens with one attached hydrogen (secondary N) is 3. The van der Waals surface area contributed by atoms with Crippen LogP contribution in [-0.4, -0.2) is 80.9 Å². The zero-order chi connectivity index (χ0) is 24.5. The van der Waals surface area contributed by atoms with E-state index in [1.807, 2.05) is 13.0 Å². The number of ether oxygens (including phenoxy) is 1. The molecule has 3 aromatic heterocycles. The van der Waals surface area contributed by atoms with Crippen LogP contribution in [0, 0.1) is 18.3 Å². The lowest BCUT2D eigenvalue weighted by molar-refractivity contribution is 0.0346. The highest BCUT2D eigenvalue weighted by Gasteiger charge is 2.40. The molecule has 10 nitrogen and oxygen atoms in total. The summed E-state index contributed by atoms with van der Waals surface area (Å²) in [5.41, 5.74) is 0.998. The summed E-state index contributed by atoms with van der Waals surface area (Å²) in [5.74, 6) is 2.21. The number of aromatic amines is 1. The second-order valence-corrected chi connectivity index (χ2v) is 11.2. The van der Waals surface area contributed by atoms with Gasteiger partial charge in [-0.1, -0.05) is 0 Å². The molecule has 6 heterocycles. The summed E-state index contributed by atoms with van der Waals surface area (Å²) >= 11 is 1.74. The van der Waals surface area contributed by atoms with Crippen molar-refractivity contribution in [3.63, 3.8) is 0 Å². The molecular weight excluding hydrogens is 474 g/mol. The summed E-state index contributed by atoms with van der Waals surface area (Å²) in [4.78, 5) is 17.1. The summed E-state index contributed by atoms with van der Waals surface area (Å²) in [5, 5.41) is 24.5. The smallest absolute Gasteiger partial charge is 0.226 e. The maximum Gasteiger partial charge on any atom is 0.226 e. The lowest BCUT2D eigenvalue weighted by atomic mass is 9.97. The molecule has 0 radical (unpaired) electrons. The SMILES string of the molecule is Cc1cc(Nc2nc(NC3CC4CCC(C3)N4CCC#N)nc3sc(CN4CCOCC4)cc23)n[nH]1. The Kier molecular flexibility index (Phi) is 6.75. The fourth-order valence-electron chi connectivity index (χ4n) is 5.91. The van der Waals surface area contributed by atoms with Gasteiger partial charge in [-0.05, 0) is 38.7 Å². The van der Waals surface area contributed by atoms with Crippen LogP contribution in [0.3, 0.4) is 0 Å². The van der Waals surface area contributed by atoms with Gasteiger partial charge in [-0.2, -0.15) is 15.3 Å². The van der Waals surface area contributed by atoms with Crippen LogP contribution >= 0.6 is 11.3 Å². The minimum absolute atomic E-state index is 0.339. The van der Waals surface area contributed by atoms with Crippen molar-refractivity contribution >= 4 is 39.1 Å². The maximum absolute atomic E-state index is 9.02. The number of aryl methyl sites for hydroxylation is 1. The third kappa shape index (κ3) is 5.04. The number of thiophene rings is 1. The number of piperidine rings is 1. The average molecular weight is 508 g/mol. The largest absolute Gasteiger partial charge is 0.379 e. The van der Waals surface area contributed by atoms with E-state index in [1.54, 1.807) is 11.3 Å². The highest BCUT2D eigenvalue weighted by atomic mass is 32.1. The number of morpholine rings is 1. The topological polar surface area (TPSA) is 118 Å². The molecule has 3 aromatic rings. The summed E-state index contributed by atoms with van der Waals surface area (Å²) in [7, 11) is 0. The van der Waals surface area contributed by atoms with E-state index < -0.39 is 0 Å². The van der Waals surface area contributed by atoms with E-state index in [2.05, 4.69) is 42.8 Å². The van der Waals surface area contributed by atoms with Gasteiger partial charge in [-0.15, -0.1) is 11.3 Å². The summed E-state index contributed by atoms with van der Waals surface area (Å²) in [6.45, 7) is 7.28. The highest BCUT2D eigenvalue weighted by molar-refractivity contribution is 7.18. The molecule has 0 spiro atoms. The second kappa shape index (κ2) is 10.3. The van der Waals surface area contributed by atoms with Gasteiger partial charge in [0.1, 0.15) is 10.6 Å². The molecule has 2 atom stereocenters. The van der Waals surface area contributed by atoms with E-state index in [9.17, 15) is 0 Å². The molecule has 6 rings (SSSR count). The van der Waals surface area contributed by atoms with Crippen LogP contribution in [0.25, 0.3) is 10.2 Å².